The van der Waals surface area contributed by atoms with Crippen LogP contribution in [0.15, 0.2) is 30.5 Å². The number of para-hydroxylation sites is 1. The zero-order valence-corrected chi connectivity index (χ0v) is 9.89. The fourth-order valence-electron chi connectivity index (χ4n) is 3.05. The minimum Gasteiger partial charge on any atom is -0.357 e. The predicted molar refractivity (Wildman–Crippen MR) is 70.7 cm³/mol. The molecule has 3 heterocycles. The Kier molecular flexibility index (Phi) is 1.89. The third kappa shape index (κ3) is 1.20. The van der Waals surface area contributed by atoms with Crippen LogP contribution < -0.4 is 10.2 Å². The van der Waals surface area contributed by atoms with Gasteiger partial charge in [0.15, 0.2) is 0 Å². The molecule has 90 valence electrons. The van der Waals surface area contributed by atoms with Crippen molar-refractivity contribution in [2.75, 3.05) is 16.8 Å². The number of amides is 1. The van der Waals surface area contributed by atoms with Crippen LogP contribution in [-0.2, 0) is 4.79 Å². The lowest BCUT2D eigenvalue weighted by Crippen LogP contribution is -2.44. The molecule has 1 atom stereocenters. The van der Waals surface area contributed by atoms with Crippen molar-refractivity contribution in [3.05, 3.63) is 30.5 Å². The van der Waals surface area contributed by atoms with Gasteiger partial charge in [0, 0.05) is 11.9 Å². The Balaban J connectivity index is 2.03. The number of carbonyl (C=O) groups excluding carboxylic acids is 1. The highest BCUT2D eigenvalue weighted by Gasteiger charge is 2.37. The van der Waals surface area contributed by atoms with Gasteiger partial charge in [-0.2, -0.15) is 0 Å². The molecule has 2 aliphatic rings. The molecular weight excluding hydrogens is 226 g/mol. The van der Waals surface area contributed by atoms with Gasteiger partial charge >= 0.3 is 0 Å². The second kappa shape index (κ2) is 3.45. The number of fused-ring (bicyclic) bond motifs is 5. The molecule has 1 saturated heterocycles. The summed E-state index contributed by atoms with van der Waals surface area (Å²) in [5.41, 5.74) is 2.97. The molecule has 2 aromatic rings. The SMILES string of the molecule is O=C1Nc2cnc3ccccc3c2N2CCCC12. The van der Waals surface area contributed by atoms with Crippen molar-refractivity contribution < 1.29 is 4.79 Å². The van der Waals surface area contributed by atoms with E-state index in [0.29, 0.717) is 0 Å². The van der Waals surface area contributed by atoms with E-state index in [1.807, 2.05) is 18.2 Å². The Bertz CT molecular complexity index is 653. The van der Waals surface area contributed by atoms with Gasteiger partial charge in [-0.1, -0.05) is 18.2 Å². The van der Waals surface area contributed by atoms with Crippen LogP contribution in [0.1, 0.15) is 12.8 Å². The van der Waals surface area contributed by atoms with Crippen molar-refractivity contribution in [1.29, 1.82) is 0 Å². The Morgan fingerprint density at radius 2 is 2.22 bits per heavy atom. The van der Waals surface area contributed by atoms with Gasteiger partial charge in [-0.15, -0.1) is 0 Å². The number of nitrogens with one attached hydrogen (secondary N) is 1. The summed E-state index contributed by atoms with van der Waals surface area (Å²) in [5.74, 6) is 0.108. The summed E-state index contributed by atoms with van der Waals surface area (Å²) >= 11 is 0. The summed E-state index contributed by atoms with van der Waals surface area (Å²) in [4.78, 5) is 18.6. The van der Waals surface area contributed by atoms with Gasteiger partial charge in [-0.3, -0.25) is 9.78 Å². The highest BCUT2D eigenvalue weighted by molar-refractivity contribution is 6.10. The van der Waals surface area contributed by atoms with Gasteiger partial charge in [0.05, 0.1) is 23.1 Å². The van der Waals surface area contributed by atoms with Crippen LogP contribution in [0.4, 0.5) is 11.4 Å². The Labute approximate surface area is 105 Å². The van der Waals surface area contributed by atoms with Gasteiger partial charge in [0.25, 0.3) is 0 Å². The van der Waals surface area contributed by atoms with E-state index in [0.717, 1.165) is 41.7 Å². The molecule has 2 aliphatic heterocycles. The van der Waals surface area contributed by atoms with Crippen LogP contribution in [-0.4, -0.2) is 23.5 Å². The maximum Gasteiger partial charge on any atom is 0.247 e. The molecule has 0 saturated carbocycles. The third-order valence-electron chi connectivity index (χ3n) is 3.85. The fraction of sp³-hybridized carbons (Fsp3) is 0.286. The number of hydrogen-bond donors (Lipinski definition) is 1. The molecule has 1 aromatic heterocycles. The molecule has 1 N–H and O–H groups in total. The zero-order chi connectivity index (χ0) is 12.1. The summed E-state index contributed by atoms with van der Waals surface area (Å²) in [6.07, 6.45) is 3.79. The number of rotatable bonds is 0. The summed E-state index contributed by atoms with van der Waals surface area (Å²) in [5, 5.41) is 4.11. The summed E-state index contributed by atoms with van der Waals surface area (Å²) in [7, 11) is 0. The van der Waals surface area contributed by atoms with E-state index in [2.05, 4.69) is 21.3 Å². The van der Waals surface area contributed by atoms with Crippen LogP contribution in [0.2, 0.25) is 0 Å². The average Bonchev–Trinajstić information content (AvgIpc) is 2.88. The number of anilines is 2. The minimum atomic E-state index is 0.00306. The minimum absolute atomic E-state index is 0.00306. The topological polar surface area (TPSA) is 45.2 Å². The summed E-state index contributed by atoms with van der Waals surface area (Å²) in [6, 6.07) is 8.10. The normalized spacial score (nSPS) is 21.7. The predicted octanol–water partition coefficient (Wildman–Crippen LogP) is 2.16. The molecule has 0 spiro atoms. The van der Waals surface area contributed by atoms with Crippen LogP contribution in [0, 0.1) is 0 Å². The Morgan fingerprint density at radius 3 is 3.17 bits per heavy atom. The van der Waals surface area contributed by atoms with Crippen molar-refractivity contribution in [2.45, 2.75) is 18.9 Å². The molecule has 4 nitrogen and oxygen atoms in total. The molecule has 1 aromatic carbocycles. The van der Waals surface area contributed by atoms with Gasteiger partial charge in [0.1, 0.15) is 6.04 Å². The summed E-state index contributed by atoms with van der Waals surface area (Å²) in [6.45, 7) is 0.957. The lowest BCUT2D eigenvalue weighted by Gasteiger charge is -2.33. The smallest absolute Gasteiger partial charge is 0.247 e. The first-order valence-corrected chi connectivity index (χ1v) is 6.30. The number of aromatic nitrogens is 1. The molecule has 1 unspecified atom stereocenters. The van der Waals surface area contributed by atoms with E-state index in [1.165, 1.54) is 0 Å². The second-order valence-electron chi connectivity index (χ2n) is 4.88. The lowest BCUT2D eigenvalue weighted by molar-refractivity contribution is -0.117. The van der Waals surface area contributed by atoms with E-state index < -0.39 is 0 Å². The van der Waals surface area contributed by atoms with Crippen LogP contribution >= 0.6 is 0 Å². The van der Waals surface area contributed by atoms with Crippen molar-refractivity contribution in [3.8, 4) is 0 Å². The van der Waals surface area contributed by atoms with Crippen LogP contribution in [0.3, 0.4) is 0 Å². The molecule has 0 radical (unpaired) electrons. The van der Waals surface area contributed by atoms with E-state index in [-0.39, 0.29) is 11.9 Å². The number of carbonyl (C=O) groups is 1. The molecular formula is C14H13N3O. The van der Waals surface area contributed by atoms with Gasteiger partial charge in [-0.05, 0) is 18.9 Å². The Hall–Kier alpha value is -2.10. The van der Waals surface area contributed by atoms with Crippen LogP contribution in [0.25, 0.3) is 10.9 Å². The van der Waals surface area contributed by atoms with Crippen LogP contribution in [0.5, 0.6) is 0 Å². The zero-order valence-electron chi connectivity index (χ0n) is 9.89. The largest absolute Gasteiger partial charge is 0.357 e. The number of benzene rings is 1. The van der Waals surface area contributed by atoms with Gasteiger partial charge in [0.2, 0.25) is 5.91 Å². The van der Waals surface area contributed by atoms with Gasteiger partial charge < -0.3 is 10.2 Å². The number of pyridine rings is 1. The van der Waals surface area contributed by atoms with Crippen molar-refractivity contribution >= 4 is 28.2 Å². The van der Waals surface area contributed by atoms with Crippen molar-refractivity contribution in [1.82, 2.24) is 4.98 Å². The molecule has 1 fully saturated rings. The highest BCUT2D eigenvalue weighted by Crippen LogP contribution is 2.40. The quantitative estimate of drug-likeness (QED) is 0.766. The van der Waals surface area contributed by atoms with Crippen molar-refractivity contribution in [3.63, 3.8) is 0 Å². The van der Waals surface area contributed by atoms with E-state index in [9.17, 15) is 4.79 Å². The first-order chi connectivity index (χ1) is 8.84. The second-order valence-corrected chi connectivity index (χ2v) is 4.88. The first kappa shape index (κ1) is 9.88. The number of nitrogens with zero attached hydrogens (tertiary/aromatic N) is 2. The molecule has 18 heavy (non-hydrogen) atoms. The lowest BCUT2D eigenvalue weighted by atomic mass is 10.1. The van der Waals surface area contributed by atoms with E-state index in [4.69, 9.17) is 0 Å². The van der Waals surface area contributed by atoms with Crippen molar-refractivity contribution in [2.24, 2.45) is 0 Å². The molecule has 0 bridgehead atoms. The van der Waals surface area contributed by atoms with E-state index in [1.54, 1.807) is 6.20 Å². The number of hydrogen-bond acceptors (Lipinski definition) is 3. The van der Waals surface area contributed by atoms with Gasteiger partial charge in [-0.25, -0.2) is 0 Å². The molecule has 1 amide bonds. The highest BCUT2D eigenvalue weighted by atomic mass is 16.2. The maximum atomic E-state index is 12.0. The molecule has 0 aliphatic carbocycles. The maximum absolute atomic E-state index is 12.0. The molecule has 4 heteroatoms. The standard InChI is InChI=1S/C14H13N3O/c18-14-12-6-3-7-17(12)13-9-4-1-2-5-10(9)15-8-11(13)16-14/h1-2,4-5,8,12H,3,6-7H2,(H,16,18). The first-order valence-electron chi connectivity index (χ1n) is 6.30. The monoisotopic (exact) mass is 239 g/mol. The fourth-order valence-corrected chi connectivity index (χ4v) is 3.05. The molecule has 4 rings (SSSR count). The Morgan fingerprint density at radius 1 is 1.33 bits per heavy atom. The summed E-state index contributed by atoms with van der Waals surface area (Å²) < 4.78 is 0. The van der Waals surface area contributed by atoms with E-state index >= 15 is 0 Å². The third-order valence-corrected chi connectivity index (χ3v) is 3.85. The average molecular weight is 239 g/mol.